The number of hydrogen-bond acceptors (Lipinski definition) is 5. The number of carbonyl (C=O) groups is 2. The molecule has 0 aliphatic heterocycles. The average molecular weight is 376 g/mol. The van der Waals surface area contributed by atoms with Crippen molar-refractivity contribution in [3.8, 4) is 5.75 Å². The van der Waals surface area contributed by atoms with E-state index in [-0.39, 0.29) is 22.8 Å². The van der Waals surface area contributed by atoms with Crippen LogP contribution in [-0.2, 0) is 21.4 Å². The lowest BCUT2D eigenvalue weighted by Gasteiger charge is -2.09. The van der Waals surface area contributed by atoms with Crippen LogP contribution in [0.1, 0.15) is 22.8 Å². The van der Waals surface area contributed by atoms with E-state index in [4.69, 9.17) is 4.74 Å². The van der Waals surface area contributed by atoms with Gasteiger partial charge in [0.2, 0.25) is 15.9 Å². The van der Waals surface area contributed by atoms with Gasteiger partial charge in [-0.3, -0.25) is 9.59 Å². The van der Waals surface area contributed by atoms with E-state index in [1.165, 1.54) is 31.2 Å². The summed E-state index contributed by atoms with van der Waals surface area (Å²) in [5.74, 6) is 0.00651. The molecule has 0 aliphatic rings. The maximum atomic E-state index is 12.2. The highest BCUT2D eigenvalue weighted by molar-refractivity contribution is 7.89. The fourth-order valence-electron chi connectivity index (χ4n) is 2.13. The zero-order valence-corrected chi connectivity index (χ0v) is 15.3. The van der Waals surface area contributed by atoms with E-state index in [2.05, 4.69) is 10.0 Å². The van der Waals surface area contributed by atoms with Crippen molar-refractivity contribution in [2.75, 3.05) is 13.7 Å². The van der Waals surface area contributed by atoms with E-state index in [0.717, 1.165) is 5.56 Å². The Hall–Kier alpha value is -2.71. The van der Waals surface area contributed by atoms with Crippen LogP contribution in [0, 0.1) is 0 Å². The first kappa shape index (κ1) is 19.6. The van der Waals surface area contributed by atoms with Crippen molar-refractivity contribution >= 4 is 21.7 Å². The van der Waals surface area contributed by atoms with Crippen LogP contribution < -0.4 is 14.8 Å². The van der Waals surface area contributed by atoms with E-state index in [0.29, 0.717) is 5.75 Å². The summed E-state index contributed by atoms with van der Waals surface area (Å²) in [7, 11) is -2.32. The Labute approximate surface area is 152 Å². The zero-order valence-electron chi connectivity index (χ0n) is 14.5. The normalized spacial score (nSPS) is 11.0. The van der Waals surface area contributed by atoms with Crippen LogP contribution in [0.2, 0.25) is 0 Å². The summed E-state index contributed by atoms with van der Waals surface area (Å²) in [5, 5.41) is 2.63. The molecule has 2 aromatic rings. The molecule has 7 nitrogen and oxygen atoms in total. The Morgan fingerprint density at radius 2 is 1.77 bits per heavy atom. The number of nitrogens with one attached hydrogen (secondary N) is 2. The van der Waals surface area contributed by atoms with Gasteiger partial charge < -0.3 is 10.1 Å². The second kappa shape index (κ2) is 8.59. The van der Waals surface area contributed by atoms with E-state index in [1.54, 1.807) is 31.4 Å². The van der Waals surface area contributed by atoms with Gasteiger partial charge in [-0.25, -0.2) is 13.1 Å². The molecule has 2 aromatic carbocycles. The predicted octanol–water partition coefficient (Wildman–Crippen LogP) is 1.49. The molecular formula is C18H20N2O5S. The number of ether oxygens (including phenoxy) is 1. The lowest BCUT2D eigenvalue weighted by molar-refractivity contribution is -0.120. The molecule has 138 valence electrons. The number of benzene rings is 2. The first-order valence-electron chi connectivity index (χ1n) is 7.82. The number of carbonyl (C=O) groups excluding carboxylic acids is 2. The number of ketones is 1. The largest absolute Gasteiger partial charge is 0.497 e. The predicted molar refractivity (Wildman–Crippen MR) is 96.5 cm³/mol. The summed E-state index contributed by atoms with van der Waals surface area (Å²) in [6.07, 6.45) is 0. The molecule has 0 aromatic heterocycles. The highest BCUT2D eigenvalue weighted by Crippen LogP contribution is 2.12. The number of hydrogen-bond donors (Lipinski definition) is 2. The Balaban J connectivity index is 1.91. The van der Waals surface area contributed by atoms with Crippen molar-refractivity contribution < 1.29 is 22.7 Å². The molecule has 8 heteroatoms. The Kier molecular flexibility index (Phi) is 6.48. The van der Waals surface area contributed by atoms with Gasteiger partial charge in [0.25, 0.3) is 0 Å². The highest BCUT2D eigenvalue weighted by atomic mass is 32.2. The monoisotopic (exact) mass is 376 g/mol. The molecular weight excluding hydrogens is 356 g/mol. The highest BCUT2D eigenvalue weighted by Gasteiger charge is 2.16. The number of rotatable bonds is 8. The van der Waals surface area contributed by atoms with Crippen LogP contribution in [0.4, 0.5) is 0 Å². The minimum atomic E-state index is -3.88. The second-order valence-electron chi connectivity index (χ2n) is 5.53. The molecule has 0 atom stereocenters. The maximum Gasteiger partial charge on any atom is 0.241 e. The molecule has 0 aliphatic carbocycles. The van der Waals surface area contributed by atoms with Crippen LogP contribution in [0.15, 0.2) is 53.4 Å². The number of sulfonamides is 1. The zero-order chi connectivity index (χ0) is 19.2. The first-order chi connectivity index (χ1) is 12.3. The van der Waals surface area contributed by atoms with E-state index in [9.17, 15) is 18.0 Å². The topological polar surface area (TPSA) is 102 Å². The molecule has 0 saturated carbocycles. The molecule has 26 heavy (non-hydrogen) atoms. The third-order valence-corrected chi connectivity index (χ3v) is 5.02. The van der Waals surface area contributed by atoms with E-state index in [1.807, 2.05) is 0 Å². The van der Waals surface area contributed by atoms with Crippen molar-refractivity contribution in [1.29, 1.82) is 0 Å². The molecule has 2 rings (SSSR count). The van der Waals surface area contributed by atoms with Gasteiger partial charge in [-0.2, -0.15) is 0 Å². The summed E-state index contributed by atoms with van der Waals surface area (Å²) in [6, 6.07) is 12.8. The molecule has 0 radical (unpaired) electrons. The van der Waals surface area contributed by atoms with Crippen molar-refractivity contribution in [1.82, 2.24) is 10.0 Å². The van der Waals surface area contributed by atoms with Crippen LogP contribution in [0.3, 0.4) is 0 Å². The smallest absolute Gasteiger partial charge is 0.241 e. The Bertz CT molecular complexity index is 892. The summed E-state index contributed by atoms with van der Waals surface area (Å²) in [5.41, 5.74) is 1.15. The van der Waals surface area contributed by atoms with E-state index < -0.39 is 22.5 Å². The minimum absolute atomic E-state index is 0.0619. The van der Waals surface area contributed by atoms with Gasteiger partial charge in [-0.1, -0.05) is 24.3 Å². The van der Waals surface area contributed by atoms with Crippen molar-refractivity contribution in [2.24, 2.45) is 0 Å². The van der Waals surface area contributed by atoms with Crippen LogP contribution in [0.25, 0.3) is 0 Å². The van der Waals surface area contributed by atoms with Gasteiger partial charge in [0, 0.05) is 12.1 Å². The summed E-state index contributed by atoms with van der Waals surface area (Å²) in [4.78, 5) is 23.2. The number of methoxy groups -OCH3 is 1. The lowest BCUT2D eigenvalue weighted by Crippen LogP contribution is -2.36. The molecule has 0 fully saturated rings. The average Bonchev–Trinajstić information content (AvgIpc) is 2.65. The van der Waals surface area contributed by atoms with Gasteiger partial charge in [-0.15, -0.1) is 0 Å². The summed E-state index contributed by atoms with van der Waals surface area (Å²) in [6.45, 7) is 1.22. The van der Waals surface area contributed by atoms with Gasteiger partial charge in [0.1, 0.15) is 5.75 Å². The van der Waals surface area contributed by atoms with Crippen molar-refractivity contribution in [2.45, 2.75) is 18.4 Å². The molecule has 0 heterocycles. The van der Waals surface area contributed by atoms with Gasteiger partial charge >= 0.3 is 0 Å². The first-order valence-corrected chi connectivity index (χ1v) is 9.30. The maximum absolute atomic E-state index is 12.2. The van der Waals surface area contributed by atoms with Gasteiger partial charge in [0.15, 0.2) is 5.78 Å². The van der Waals surface area contributed by atoms with Crippen LogP contribution in [0.5, 0.6) is 5.75 Å². The van der Waals surface area contributed by atoms with Gasteiger partial charge in [0.05, 0.1) is 18.6 Å². The fraction of sp³-hybridized carbons (Fsp3) is 0.222. The van der Waals surface area contributed by atoms with Crippen LogP contribution in [-0.4, -0.2) is 33.8 Å². The lowest BCUT2D eigenvalue weighted by atomic mass is 10.2. The molecule has 0 spiro atoms. The minimum Gasteiger partial charge on any atom is -0.497 e. The third-order valence-electron chi connectivity index (χ3n) is 3.62. The fourth-order valence-corrected chi connectivity index (χ4v) is 3.16. The van der Waals surface area contributed by atoms with Gasteiger partial charge in [-0.05, 0) is 36.8 Å². The molecule has 0 saturated heterocycles. The quantitative estimate of drug-likeness (QED) is 0.680. The summed E-state index contributed by atoms with van der Waals surface area (Å²) < 4.78 is 31.8. The molecule has 1 amide bonds. The Morgan fingerprint density at radius 1 is 1.08 bits per heavy atom. The molecule has 0 unspecified atom stereocenters. The number of amides is 1. The second-order valence-corrected chi connectivity index (χ2v) is 7.30. The molecule has 2 N–H and O–H groups in total. The third kappa shape index (κ3) is 5.40. The van der Waals surface area contributed by atoms with Crippen molar-refractivity contribution in [3.63, 3.8) is 0 Å². The molecule has 0 bridgehead atoms. The van der Waals surface area contributed by atoms with Crippen molar-refractivity contribution in [3.05, 3.63) is 59.7 Å². The van der Waals surface area contributed by atoms with Crippen LogP contribution >= 0.6 is 0 Å². The number of Topliss-reactive ketones (excluding diaryl/α,β-unsaturated/α-hetero) is 1. The Morgan fingerprint density at radius 3 is 2.38 bits per heavy atom. The SMILES string of the molecule is COc1ccc(CNC(=O)CNS(=O)(=O)c2cccc(C(C)=O)c2)cc1. The van der Waals surface area contributed by atoms with E-state index >= 15 is 0 Å². The summed E-state index contributed by atoms with van der Waals surface area (Å²) >= 11 is 0. The standard InChI is InChI=1S/C18H20N2O5S/c1-13(21)15-4-3-5-17(10-15)26(23,24)20-12-18(22)19-11-14-6-8-16(25-2)9-7-14/h3-10,20H,11-12H2,1-2H3,(H,19,22).